The number of anilines is 1. The Kier molecular flexibility index (Phi) is 14.0. The van der Waals surface area contributed by atoms with Gasteiger partial charge in [0.05, 0.1) is 43.1 Å². The molecule has 1 N–H and O–H groups in total. The van der Waals surface area contributed by atoms with E-state index in [1.165, 1.54) is 0 Å². The van der Waals surface area contributed by atoms with Gasteiger partial charge in [-0.15, -0.1) is 0 Å². The molecule has 0 spiro atoms. The summed E-state index contributed by atoms with van der Waals surface area (Å²) in [5, 5.41) is 4.37. The van der Waals surface area contributed by atoms with Gasteiger partial charge in [0.25, 0.3) is 0 Å². The molecule has 2 aliphatic heterocycles. The van der Waals surface area contributed by atoms with Crippen molar-refractivity contribution < 1.29 is 32.1 Å². The first kappa shape index (κ1) is 37.7. The van der Waals surface area contributed by atoms with Crippen LogP contribution in [0.3, 0.4) is 0 Å². The molecule has 0 radical (unpaired) electrons. The van der Waals surface area contributed by atoms with E-state index in [1.807, 2.05) is 37.3 Å². The number of nitrogens with one attached hydrogen (secondary N) is 1. The molecule has 268 valence electrons. The fraction of sp³-hybridized carbons (Fsp3) is 0.526. The van der Waals surface area contributed by atoms with Crippen molar-refractivity contribution >= 4 is 31.5 Å². The van der Waals surface area contributed by atoms with Gasteiger partial charge >= 0.3 is 0 Å². The van der Waals surface area contributed by atoms with Crippen LogP contribution in [0.5, 0.6) is 5.75 Å². The van der Waals surface area contributed by atoms with Crippen LogP contribution >= 0.6 is 15.9 Å². The van der Waals surface area contributed by atoms with Crippen LogP contribution in [0.25, 0.3) is 0 Å². The van der Waals surface area contributed by atoms with Crippen LogP contribution in [0.1, 0.15) is 53.4 Å². The number of rotatable bonds is 17. The van der Waals surface area contributed by atoms with Gasteiger partial charge in [-0.2, -0.15) is 0 Å². The number of alkyl halides is 1. The molecule has 0 amide bonds. The van der Waals surface area contributed by atoms with E-state index in [0.717, 1.165) is 52.8 Å². The Morgan fingerprint density at radius 3 is 2.51 bits per heavy atom. The van der Waals surface area contributed by atoms with Crippen molar-refractivity contribution in [3.63, 3.8) is 0 Å². The Hall–Kier alpha value is -2.51. The first-order chi connectivity index (χ1) is 23.7. The summed E-state index contributed by atoms with van der Waals surface area (Å²) in [5.41, 5.74) is 3.42. The summed E-state index contributed by atoms with van der Waals surface area (Å²) >= 11 is 3.66. The Balaban J connectivity index is 1.45. The highest BCUT2D eigenvalue weighted by Crippen LogP contribution is 2.41. The van der Waals surface area contributed by atoms with E-state index in [2.05, 4.69) is 57.3 Å². The minimum atomic E-state index is -3.95. The Bertz CT molecular complexity index is 1570. The molecule has 0 aliphatic carbocycles. The third-order valence-electron chi connectivity index (χ3n) is 9.23. The van der Waals surface area contributed by atoms with Gasteiger partial charge in [-0.3, -0.25) is 0 Å². The zero-order valence-corrected chi connectivity index (χ0v) is 31.5. The van der Waals surface area contributed by atoms with Crippen molar-refractivity contribution in [1.82, 2.24) is 5.32 Å². The minimum absolute atomic E-state index is 0.0253. The third-order valence-corrected chi connectivity index (χ3v) is 11.9. The maximum absolute atomic E-state index is 14.5. The fourth-order valence-electron chi connectivity index (χ4n) is 6.56. The molecule has 1 saturated heterocycles. The van der Waals surface area contributed by atoms with Crippen LogP contribution in [-0.4, -0.2) is 86.2 Å². The zero-order chi connectivity index (χ0) is 34.8. The molecule has 3 aromatic carbocycles. The summed E-state index contributed by atoms with van der Waals surface area (Å²) in [6.07, 6.45) is 1.25. The van der Waals surface area contributed by atoms with Crippen LogP contribution in [0.4, 0.5) is 5.69 Å². The molecule has 49 heavy (non-hydrogen) atoms. The second-order valence-electron chi connectivity index (χ2n) is 13.2. The SMILES string of the molecule is COCCCN1CCOc2ccc(C(O[C@H]3CN[C@H](CBr)C[C@@H]3c3ccc(COC[C@@H](C)COC)cc3)S(=O)(=O)c3ccc(C)cc3)cc21. The maximum Gasteiger partial charge on any atom is 0.209 e. The molecule has 11 heteroatoms. The van der Waals surface area contributed by atoms with E-state index < -0.39 is 21.4 Å². The highest BCUT2D eigenvalue weighted by Gasteiger charge is 2.39. The normalized spacial score (nSPS) is 20.8. The van der Waals surface area contributed by atoms with Gasteiger partial charge in [-0.05, 0) is 60.7 Å². The molecule has 2 heterocycles. The van der Waals surface area contributed by atoms with E-state index in [9.17, 15) is 8.42 Å². The molecule has 1 unspecified atom stereocenters. The zero-order valence-electron chi connectivity index (χ0n) is 29.1. The van der Waals surface area contributed by atoms with E-state index in [0.29, 0.717) is 57.6 Å². The summed E-state index contributed by atoms with van der Waals surface area (Å²) in [6.45, 7) is 9.09. The summed E-state index contributed by atoms with van der Waals surface area (Å²) in [7, 11) is -0.550. The number of piperidine rings is 1. The molecule has 9 nitrogen and oxygen atoms in total. The lowest BCUT2D eigenvalue weighted by Gasteiger charge is -2.39. The molecule has 0 saturated carbocycles. The smallest absolute Gasteiger partial charge is 0.209 e. The predicted octanol–water partition coefficient (Wildman–Crippen LogP) is 6.43. The Morgan fingerprint density at radius 1 is 1.02 bits per heavy atom. The topological polar surface area (TPSA) is 95.6 Å². The average Bonchev–Trinajstić information content (AvgIpc) is 3.11. The van der Waals surface area contributed by atoms with Gasteiger partial charge in [0.1, 0.15) is 12.4 Å². The molecular weight excluding hydrogens is 708 g/mol. The van der Waals surface area contributed by atoms with Crippen molar-refractivity contribution in [2.45, 2.75) is 61.7 Å². The Labute approximate surface area is 300 Å². The molecule has 2 aliphatic rings. The number of ether oxygens (including phenoxy) is 5. The fourth-order valence-corrected chi connectivity index (χ4v) is 8.61. The number of fused-ring (bicyclic) bond motifs is 1. The van der Waals surface area contributed by atoms with Crippen LogP contribution in [-0.2, 0) is 35.4 Å². The van der Waals surface area contributed by atoms with Crippen LogP contribution < -0.4 is 15.0 Å². The molecular formula is C38H51BrN2O7S. The van der Waals surface area contributed by atoms with Gasteiger partial charge in [-0.25, -0.2) is 8.42 Å². The molecule has 5 rings (SSSR count). The third kappa shape index (κ3) is 9.84. The van der Waals surface area contributed by atoms with Crippen LogP contribution in [0.2, 0.25) is 0 Å². The van der Waals surface area contributed by atoms with Crippen molar-refractivity contribution in [3.05, 3.63) is 89.0 Å². The van der Waals surface area contributed by atoms with Gasteiger partial charge in [0, 0.05) is 57.1 Å². The summed E-state index contributed by atoms with van der Waals surface area (Å²) in [4.78, 5) is 2.48. The second-order valence-corrected chi connectivity index (χ2v) is 15.8. The lowest BCUT2D eigenvalue weighted by Crippen LogP contribution is -2.48. The Morgan fingerprint density at radius 2 is 1.80 bits per heavy atom. The number of benzene rings is 3. The first-order valence-corrected chi connectivity index (χ1v) is 19.8. The number of sulfone groups is 1. The maximum atomic E-state index is 14.5. The molecule has 0 bridgehead atoms. The van der Waals surface area contributed by atoms with Crippen molar-refractivity contribution in [2.75, 3.05) is 70.5 Å². The van der Waals surface area contributed by atoms with Gasteiger partial charge < -0.3 is 33.9 Å². The average molecular weight is 760 g/mol. The van der Waals surface area contributed by atoms with Crippen LogP contribution in [0, 0.1) is 12.8 Å². The highest BCUT2D eigenvalue weighted by atomic mass is 79.9. The minimum Gasteiger partial charge on any atom is -0.490 e. The first-order valence-electron chi connectivity index (χ1n) is 17.1. The van der Waals surface area contributed by atoms with Crippen molar-refractivity contribution in [2.24, 2.45) is 5.92 Å². The van der Waals surface area contributed by atoms with E-state index in [-0.39, 0.29) is 16.9 Å². The van der Waals surface area contributed by atoms with Gasteiger partial charge in [0.2, 0.25) is 9.84 Å². The number of methoxy groups -OCH3 is 2. The van der Waals surface area contributed by atoms with E-state index in [1.54, 1.807) is 26.4 Å². The molecule has 3 aromatic rings. The van der Waals surface area contributed by atoms with E-state index in [4.69, 9.17) is 23.7 Å². The lowest BCUT2D eigenvalue weighted by molar-refractivity contribution is -0.00451. The highest BCUT2D eigenvalue weighted by molar-refractivity contribution is 9.09. The summed E-state index contributed by atoms with van der Waals surface area (Å²) in [6, 6.07) is 21.3. The van der Waals surface area contributed by atoms with Crippen LogP contribution in [0.15, 0.2) is 71.6 Å². The molecule has 0 aromatic heterocycles. The number of nitrogens with zero attached hydrogens (tertiary/aromatic N) is 1. The monoisotopic (exact) mass is 758 g/mol. The number of aryl methyl sites for hydroxylation is 1. The quantitative estimate of drug-likeness (QED) is 0.124. The lowest BCUT2D eigenvalue weighted by atomic mass is 9.84. The summed E-state index contributed by atoms with van der Waals surface area (Å²) in [5.74, 6) is 1.04. The second kappa shape index (κ2) is 18.1. The number of hydrogen-bond acceptors (Lipinski definition) is 9. The van der Waals surface area contributed by atoms with Crippen molar-refractivity contribution in [3.8, 4) is 5.75 Å². The number of hydrogen-bond donors (Lipinski definition) is 1. The number of halogens is 1. The standard InChI is InChI=1S/C38H51BrN2O7S/c1-27-6-13-33(14-7-27)49(42,43)38(31-12-15-36-35(20-31)41(17-19-47-36)16-5-18-44-3)48-37-23-40-32(22-39)21-34(37)30-10-8-29(9-11-30)26-46-25-28(2)24-45-4/h6-15,20,28,32,34,37-38,40H,5,16-19,21-26H2,1-4H3/t28-,32-,34+,37-,38?/m0/s1. The molecule has 1 fully saturated rings. The van der Waals surface area contributed by atoms with Gasteiger partial charge in [0.15, 0.2) is 5.44 Å². The molecule has 5 atom stereocenters. The summed E-state index contributed by atoms with van der Waals surface area (Å²) < 4.78 is 58.4. The van der Waals surface area contributed by atoms with Crippen molar-refractivity contribution in [1.29, 1.82) is 0 Å². The predicted molar refractivity (Wildman–Crippen MR) is 197 cm³/mol. The van der Waals surface area contributed by atoms with Gasteiger partial charge in [-0.1, -0.05) is 70.9 Å². The largest absolute Gasteiger partial charge is 0.490 e. The van der Waals surface area contributed by atoms with E-state index >= 15 is 0 Å².